The van der Waals surface area contributed by atoms with E-state index in [0.717, 1.165) is 4.88 Å². The first-order valence-corrected chi connectivity index (χ1v) is 8.14. The summed E-state index contributed by atoms with van der Waals surface area (Å²) in [5.41, 5.74) is -0.948. The summed E-state index contributed by atoms with van der Waals surface area (Å²) >= 11 is 1.67. The molecule has 0 aliphatic carbocycles. The quantitative estimate of drug-likeness (QED) is 0.832. The van der Waals surface area contributed by atoms with E-state index in [0.29, 0.717) is 12.8 Å². The summed E-state index contributed by atoms with van der Waals surface area (Å²) in [6, 6.07) is 4.03. The van der Waals surface area contributed by atoms with Crippen molar-refractivity contribution in [3.05, 3.63) is 21.9 Å². The monoisotopic (exact) mass is 311 g/mol. The molecule has 1 rings (SSSR count). The van der Waals surface area contributed by atoms with Gasteiger partial charge in [0.15, 0.2) is 0 Å². The molecule has 0 saturated heterocycles. The average molecular weight is 311 g/mol. The van der Waals surface area contributed by atoms with Gasteiger partial charge in [0, 0.05) is 23.2 Å². The number of carboxylic acids is 1. The second kappa shape index (κ2) is 7.07. The van der Waals surface area contributed by atoms with E-state index in [4.69, 9.17) is 0 Å². The van der Waals surface area contributed by atoms with E-state index in [2.05, 4.69) is 0 Å². The lowest BCUT2D eigenvalue weighted by molar-refractivity contribution is -0.154. The SMILES string of the molecule is CCC(CC)(CC(=O)N(C)C(C)c1ccc(C)s1)C(=O)O. The fourth-order valence-electron chi connectivity index (χ4n) is 2.38. The third-order valence-corrected chi connectivity index (χ3v) is 5.62. The number of rotatable bonds is 7. The van der Waals surface area contributed by atoms with Gasteiger partial charge >= 0.3 is 5.97 Å². The molecule has 0 aliphatic heterocycles. The smallest absolute Gasteiger partial charge is 0.310 e. The highest BCUT2D eigenvalue weighted by Crippen LogP contribution is 2.33. The van der Waals surface area contributed by atoms with E-state index in [1.54, 1.807) is 23.3 Å². The maximum atomic E-state index is 12.5. The molecule has 0 bridgehead atoms. The van der Waals surface area contributed by atoms with Crippen LogP contribution in [0.5, 0.6) is 0 Å². The lowest BCUT2D eigenvalue weighted by Gasteiger charge is -2.31. The van der Waals surface area contributed by atoms with Crippen LogP contribution < -0.4 is 0 Å². The molecule has 1 heterocycles. The zero-order valence-electron chi connectivity index (χ0n) is 13.5. The number of hydrogen-bond donors (Lipinski definition) is 1. The van der Waals surface area contributed by atoms with Crippen molar-refractivity contribution >= 4 is 23.2 Å². The minimum absolute atomic E-state index is 0.0311. The van der Waals surface area contributed by atoms with Crippen LogP contribution in [0.15, 0.2) is 12.1 Å². The van der Waals surface area contributed by atoms with Gasteiger partial charge in [-0.15, -0.1) is 11.3 Å². The van der Waals surface area contributed by atoms with E-state index in [-0.39, 0.29) is 18.4 Å². The Kier molecular flexibility index (Phi) is 5.96. The van der Waals surface area contributed by atoms with Gasteiger partial charge in [-0.05, 0) is 38.8 Å². The predicted molar refractivity (Wildman–Crippen MR) is 85.5 cm³/mol. The Bertz CT molecular complexity index is 505. The van der Waals surface area contributed by atoms with Crippen molar-refractivity contribution in [2.75, 3.05) is 7.05 Å². The molecule has 1 N–H and O–H groups in total. The number of carbonyl (C=O) groups is 2. The Morgan fingerprint density at radius 1 is 1.33 bits per heavy atom. The van der Waals surface area contributed by atoms with Gasteiger partial charge in [0.25, 0.3) is 0 Å². The summed E-state index contributed by atoms with van der Waals surface area (Å²) in [5, 5.41) is 9.44. The van der Waals surface area contributed by atoms with Crippen molar-refractivity contribution in [2.24, 2.45) is 5.41 Å². The standard InChI is InChI=1S/C16H25NO3S/c1-6-16(7-2,15(19)20)10-14(18)17(5)12(4)13-9-8-11(3)21-13/h8-9,12H,6-7,10H2,1-5H3,(H,19,20). The third-order valence-electron chi connectivity index (χ3n) is 4.44. The third kappa shape index (κ3) is 3.84. The van der Waals surface area contributed by atoms with E-state index in [9.17, 15) is 14.7 Å². The topological polar surface area (TPSA) is 57.6 Å². The zero-order valence-corrected chi connectivity index (χ0v) is 14.3. The maximum Gasteiger partial charge on any atom is 0.310 e. The molecule has 4 nitrogen and oxygen atoms in total. The van der Waals surface area contributed by atoms with Crippen molar-refractivity contribution in [3.63, 3.8) is 0 Å². The summed E-state index contributed by atoms with van der Waals surface area (Å²) in [6.45, 7) is 7.67. The van der Waals surface area contributed by atoms with Crippen LogP contribution in [-0.2, 0) is 9.59 Å². The van der Waals surface area contributed by atoms with Gasteiger partial charge in [-0.25, -0.2) is 0 Å². The van der Waals surface area contributed by atoms with Crippen LogP contribution in [-0.4, -0.2) is 28.9 Å². The molecule has 1 aromatic heterocycles. The van der Waals surface area contributed by atoms with Crippen LogP contribution in [0.1, 0.15) is 55.8 Å². The Balaban J connectivity index is 2.85. The first kappa shape index (κ1) is 17.7. The van der Waals surface area contributed by atoms with Crippen LogP contribution in [0.3, 0.4) is 0 Å². The summed E-state index contributed by atoms with van der Waals surface area (Å²) in [7, 11) is 1.75. The molecule has 0 saturated carbocycles. The molecule has 5 heteroatoms. The van der Waals surface area contributed by atoms with Crippen molar-refractivity contribution in [1.82, 2.24) is 4.90 Å². The maximum absolute atomic E-state index is 12.5. The second-order valence-electron chi connectivity index (χ2n) is 5.60. The largest absolute Gasteiger partial charge is 0.481 e. The highest BCUT2D eigenvalue weighted by atomic mass is 32.1. The Morgan fingerprint density at radius 2 is 1.90 bits per heavy atom. The lowest BCUT2D eigenvalue weighted by atomic mass is 9.79. The van der Waals surface area contributed by atoms with Gasteiger partial charge in [0.1, 0.15) is 0 Å². The summed E-state index contributed by atoms with van der Waals surface area (Å²) in [6.07, 6.45) is 0.982. The van der Waals surface area contributed by atoms with Gasteiger partial charge in [-0.1, -0.05) is 13.8 Å². The first-order valence-electron chi connectivity index (χ1n) is 7.32. The predicted octanol–water partition coefficient (Wildman–Crippen LogP) is 3.86. The van der Waals surface area contributed by atoms with Crippen molar-refractivity contribution in [2.45, 2.75) is 53.0 Å². The van der Waals surface area contributed by atoms with Crippen molar-refractivity contribution < 1.29 is 14.7 Å². The molecule has 0 aromatic carbocycles. The number of carboxylic acid groups (broad SMARTS) is 1. The fraction of sp³-hybridized carbons (Fsp3) is 0.625. The Hall–Kier alpha value is -1.36. The van der Waals surface area contributed by atoms with Crippen molar-refractivity contribution in [1.29, 1.82) is 0 Å². The minimum atomic E-state index is -0.948. The molecule has 0 radical (unpaired) electrons. The van der Waals surface area contributed by atoms with Gasteiger partial charge in [0.2, 0.25) is 5.91 Å². The number of hydrogen-bond acceptors (Lipinski definition) is 3. The van der Waals surface area contributed by atoms with Gasteiger partial charge < -0.3 is 10.0 Å². The zero-order chi connectivity index (χ0) is 16.2. The molecule has 1 amide bonds. The second-order valence-corrected chi connectivity index (χ2v) is 6.92. The molecule has 118 valence electrons. The highest BCUT2D eigenvalue weighted by molar-refractivity contribution is 7.12. The molecule has 0 spiro atoms. The first-order chi connectivity index (χ1) is 9.77. The Labute approximate surface area is 130 Å². The van der Waals surface area contributed by atoms with Gasteiger partial charge in [-0.3, -0.25) is 9.59 Å². The fourth-order valence-corrected chi connectivity index (χ4v) is 3.35. The molecular weight excluding hydrogens is 286 g/mol. The van der Waals surface area contributed by atoms with E-state index < -0.39 is 11.4 Å². The molecule has 0 fully saturated rings. The molecule has 1 atom stereocenters. The lowest BCUT2D eigenvalue weighted by Crippen LogP contribution is -2.38. The summed E-state index contributed by atoms with van der Waals surface area (Å²) < 4.78 is 0. The number of aryl methyl sites for hydroxylation is 1. The molecule has 1 aromatic rings. The molecule has 0 aliphatic rings. The average Bonchev–Trinajstić information content (AvgIpc) is 2.89. The normalized spacial score (nSPS) is 13.0. The van der Waals surface area contributed by atoms with E-state index in [1.165, 1.54) is 4.88 Å². The van der Waals surface area contributed by atoms with Crippen LogP contribution in [0.25, 0.3) is 0 Å². The number of carbonyl (C=O) groups excluding carboxylic acids is 1. The van der Waals surface area contributed by atoms with Crippen molar-refractivity contribution in [3.8, 4) is 0 Å². The summed E-state index contributed by atoms with van der Waals surface area (Å²) in [4.78, 5) is 28.0. The highest BCUT2D eigenvalue weighted by Gasteiger charge is 2.38. The number of aliphatic carboxylic acids is 1. The Morgan fingerprint density at radius 3 is 2.29 bits per heavy atom. The van der Waals surface area contributed by atoms with Crippen LogP contribution >= 0.6 is 11.3 Å². The van der Waals surface area contributed by atoms with Crippen LogP contribution in [0.2, 0.25) is 0 Å². The number of amides is 1. The number of nitrogens with zero attached hydrogens (tertiary/aromatic N) is 1. The number of thiophene rings is 1. The molecule has 1 unspecified atom stereocenters. The summed E-state index contributed by atoms with van der Waals surface area (Å²) in [5.74, 6) is -0.992. The van der Waals surface area contributed by atoms with Gasteiger partial charge in [0.05, 0.1) is 11.5 Å². The molecular formula is C16H25NO3S. The van der Waals surface area contributed by atoms with Crippen LogP contribution in [0, 0.1) is 12.3 Å². The van der Waals surface area contributed by atoms with E-state index in [1.807, 2.05) is 39.8 Å². The van der Waals surface area contributed by atoms with Crippen LogP contribution in [0.4, 0.5) is 0 Å². The molecule has 21 heavy (non-hydrogen) atoms. The van der Waals surface area contributed by atoms with Gasteiger partial charge in [-0.2, -0.15) is 0 Å². The minimum Gasteiger partial charge on any atom is -0.481 e. The van der Waals surface area contributed by atoms with E-state index >= 15 is 0 Å².